The molecule has 8 N–H and O–H groups in total. The van der Waals surface area contributed by atoms with Crippen LogP contribution < -0.4 is 0 Å². The maximum Gasteiger partial charge on any atom is 0.109 e. The van der Waals surface area contributed by atoms with Crippen LogP contribution in [0.5, 0.6) is 0 Å². The highest BCUT2D eigenvalue weighted by Gasteiger charge is 2.55. The van der Waals surface area contributed by atoms with Crippen LogP contribution in [0.25, 0.3) is 128 Å². The average molecular weight is 2100 g/mol. The molecular weight excluding hydrogens is 1940 g/mol. The lowest BCUT2D eigenvalue weighted by Gasteiger charge is -2.39. The number of hydrogen-bond acceptors (Lipinski definition) is 14. The summed E-state index contributed by atoms with van der Waals surface area (Å²) in [5, 5.41) is 7.73. The molecule has 14 aromatic heterocycles. The largest absolute Gasteiger partial charge is 0.357 e. The molecule has 6 aromatic carbocycles. The first-order chi connectivity index (χ1) is 70.7. The van der Waals surface area contributed by atoms with Gasteiger partial charge >= 0.3 is 0 Å². The summed E-state index contributed by atoms with van der Waals surface area (Å²) < 4.78 is 5.23. The maximum absolute atomic E-state index is 4.93. The molecule has 0 unspecified atom stereocenters. The van der Waals surface area contributed by atoms with Gasteiger partial charge in [0, 0.05) is 128 Å². The molecule has 0 radical (unpaired) electrons. The number of H-pyrrole nitrogens is 8. The van der Waals surface area contributed by atoms with Crippen LogP contribution in [0.15, 0.2) is 121 Å². The molecule has 0 atom stereocenters. The number of aromatic amines is 8. The summed E-state index contributed by atoms with van der Waals surface area (Å²) in [5.41, 5.74) is 34.3. The Morgan fingerprint density at radius 2 is 0.658 bits per heavy atom. The number of thiophene rings is 4. The molecule has 149 heavy (non-hydrogen) atoms. The van der Waals surface area contributed by atoms with E-state index in [9.17, 15) is 0 Å². The Morgan fingerprint density at radius 1 is 0.268 bits per heavy atom. The smallest absolute Gasteiger partial charge is 0.109 e. The molecule has 6 aliphatic carbocycles. The van der Waals surface area contributed by atoms with Crippen molar-refractivity contribution in [3.8, 4) is 43.7 Å². The van der Waals surface area contributed by atoms with E-state index in [4.69, 9.17) is 34.9 Å². The quantitative estimate of drug-likeness (QED) is 0.0463. The van der Waals surface area contributed by atoms with Crippen LogP contribution in [0.1, 0.15) is 494 Å². The fraction of sp³-hybridized carbons (Fsp3) is 0.465. The summed E-state index contributed by atoms with van der Waals surface area (Å²) in [5.74, 6) is 15.0. The zero-order valence-electron chi connectivity index (χ0n) is 94.6. The summed E-state index contributed by atoms with van der Waals surface area (Å²) in [6, 6.07) is 45.3. The van der Waals surface area contributed by atoms with E-state index in [0.29, 0.717) is 94.7 Å². The van der Waals surface area contributed by atoms with E-state index in [1.807, 2.05) is 56.7 Å². The lowest BCUT2D eigenvalue weighted by Crippen LogP contribution is -2.34. The van der Waals surface area contributed by atoms with Crippen LogP contribution >= 0.6 is 68.0 Å². The molecule has 14 heterocycles. The Bertz CT molecular complexity index is 7420. The van der Waals surface area contributed by atoms with Crippen LogP contribution in [0.4, 0.5) is 0 Å². The first kappa shape index (κ1) is 107. The molecule has 0 aliphatic heterocycles. The zero-order chi connectivity index (χ0) is 106. The average Bonchev–Trinajstić information content (AvgIpc) is 1.52. The van der Waals surface area contributed by atoms with E-state index in [0.717, 1.165) is 74.5 Å². The van der Waals surface area contributed by atoms with Gasteiger partial charge in [0.25, 0.3) is 0 Å². The van der Waals surface area contributed by atoms with Gasteiger partial charge in [-0.25, -0.2) is 39.9 Å². The van der Waals surface area contributed by atoms with Crippen molar-refractivity contribution in [2.45, 2.75) is 385 Å². The van der Waals surface area contributed by atoms with E-state index < -0.39 is 0 Å². The molecule has 22 heteroatoms. The number of imidazole rings is 6. The first-order valence-electron chi connectivity index (χ1n) is 55.3. The Kier molecular flexibility index (Phi) is 29.9. The molecule has 20 aromatic rings. The highest BCUT2D eigenvalue weighted by atomic mass is 32.1. The first-order valence-corrected chi connectivity index (χ1v) is 60.2. The molecule has 2 spiro atoms. The molecule has 0 amide bonds. The van der Waals surface area contributed by atoms with Crippen LogP contribution in [-0.4, -0.2) is 79.7 Å². The maximum atomic E-state index is 4.93. The van der Waals surface area contributed by atoms with Gasteiger partial charge in [0.2, 0.25) is 0 Å². The molecular formula is C127H158N16S6. The second kappa shape index (κ2) is 41.7. The Labute approximate surface area is 906 Å². The summed E-state index contributed by atoms with van der Waals surface area (Å²) >= 11 is 11.2. The molecule has 0 bridgehead atoms. The van der Waals surface area contributed by atoms with E-state index >= 15 is 0 Å². The minimum Gasteiger partial charge on any atom is -0.357 e. The predicted molar refractivity (Wildman–Crippen MR) is 643 cm³/mol. The zero-order valence-corrected chi connectivity index (χ0v) is 99.5. The standard InChI is InChI=1S/C19H24N2.C18H22N2.C16H22N2S.C16H19NS.2C15H18N2S.C14H17N3S.C14H18N2S/c1-11(2)13-6-7-14-15(10-13)19(8-5-9-19)17-16(14)20-18(21-17)12(3)4;1-10(2)12-5-6-13-14(9-12)18(7-8-18)16-15(13)19-17(20-16)11(3)4;1-8(2)11-7-10-13(19-11)12-14(16(10,5)6)18-15(17-12)9(3)4;1-9(2)13-7-11-5-6-12-8-14(10(3)4)18-16(12)15(11)17-13;1-8(2)12-7-10-5-6-11-13(14(10)18-12)17-15(16-11)9(3)4;1-8(2)12-7-10-5-6-11-14(13(10)16-12)18-15(17-11)9(3)4;1-7(2)13-15-9-5-6-10-12(11(9)17-13)18-14(16-10)8(3)4;1-7(2)11-6-9-5-10-12(13(9)17-11)16-14(15-10)8(3)4/h6-7,10-12H,5,8-9H2,1-4H3,(H,20,21);5-6,9-11H,7-8H2,1-4H3,(H,19,20);7-9H,1-6H3,(H,17,18);5-10,17H,1-4H3;5-9H,1-4H3,(H,16,17);5-9,16H,1-4H3;5-8H,1-4H3,(H,15,17);6-8H,5H2,1-4H3,(H,15,16). The Morgan fingerprint density at radius 3 is 1.13 bits per heavy atom. The normalized spacial score (nSPS) is 14.5. The third-order valence-corrected chi connectivity index (χ3v) is 39.6. The minimum absolute atomic E-state index is 0.0639. The fourth-order valence-electron chi connectivity index (χ4n) is 21.1. The number of fused-ring (bicyclic) bond motifs is 28. The van der Waals surface area contributed by atoms with Crippen molar-refractivity contribution in [3.05, 3.63) is 253 Å². The summed E-state index contributed by atoms with van der Waals surface area (Å²) in [6.45, 7) is 75.6. The lowest BCUT2D eigenvalue weighted by atomic mass is 9.64. The predicted octanol–water partition coefficient (Wildman–Crippen LogP) is 39.2. The van der Waals surface area contributed by atoms with Crippen LogP contribution in [0.2, 0.25) is 0 Å². The lowest BCUT2D eigenvalue weighted by molar-refractivity contribution is 0.301. The summed E-state index contributed by atoms with van der Waals surface area (Å²) in [6.07, 6.45) is 7.46. The Hall–Kier alpha value is -10.7. The molecule has 2 saturated carbocycles. The molecule has 782 valence electrons. The molecule has 16 nitrogen and oxygen atoms in total. The molecule has 6 aliphatic rings. The third kappa shape index (κ3) is 20.2. The number of nitrogens with one attached hydrogen (secondary N) is 8. The van der Waals surface area contributed by atoms with Gasteiger partial charge in [0.1, 0.15) is 57.4 Å². The van der Waals surface area contributed by atoms with Crippen molar-refractivity contribution in [1.29, 1.82) is 0 Å². The molecule has 0 saturated heterocycles. The number of aromatic nitrogens is 16. The topological polar surface area (TPSA) is 229 Å². The monoisotopic (exact) mass is 2100 g/mol. The van der Waals surface area contributed by atoms with E-state index in [1.165, 1.54) is 224 Å². The van der Waals surface area contributed by atoms with Crippen molar-refractivity contribution in [2.75, 3.05) is 0 Å². The van der Waals surface area contributed by atoms with E-state index in [-0.39, 0.29) is 16.2 Å². The summed E-state index contributed by atoms with van der Waals surface area (Å²) in [4.78, 5) is 75.3. The van der Waals surface area contributed by atoms with E-state index in [1.54, 1.807) is 11.3 Å². The van der Waals surface area contributed by atoms with Crippen molar-refractivity contribution in [1.82, 2.24) is 79.7 Å². The third-order valence-electron chi connectivity index (χ3n) is 31.0. The number of benzene rings is 6. The van der Waals surface area contributed by atoms with Crippen molar-refractivity contribution in [3.63, 3.8) is 0 Å². The number of rotatable bonds is 16. The van der Waals surface area contributed by atoms with Crippen molar-refractivity contribution < 1.29 is 0 Å². The van der Waals surface area contributed by atoms with Crippen LogP contribution in [0.3, 0.4) is 0 Å². The van der Waals surface area contributed by atoms with Gasteiger partial charge in [-0.3, -0.25) is 0 Å². The van der Waals surface area contributed by atoms with Gasteiger partial charge in [-0.2, -0.15) is 0 Å². The summed E-state index contributed by atoms with van der Waals surface area (Å²) in [7, 11) is 0. The highest BCUT2D eigenvalue weighted by molar-refractivity contribution is 7.21. The van der Waals surface area contributed by atoms with Gasteiger partial charge in [-0.15, -0.1) is 68.0 Å². The van der Waals surface area contributed by atoms with Crippen molar-refractivity contribution >= 4 is 152 Å². The second-order valence-corrected chi connectivity index (χ2v) is 54.8. The van der Waals surface area contributed by atoms with Gasteiger partial charge in [-0.05, 0) is 178 Å². The SMILES string of the molecule is CC(C)c1cc2ccc3cc(C(C)C)sc3c2[nH]1.CC(C)c1cc2ccc3nc(C(C)C)sc3c2[nH]1.CC(C)c1ccc2c(c1)C1(CC1)c1[nH]c(C(C)C)nc1-2.CC(C)c1ccc2c(c1)C1(CCC1)c1[nH]c(C(C)C)nc1-2.CC(C)c1nc2c([nH]1)C(C)(C)c1cc(C(C)C)sc1-2.CC(C)c1nc2c([nH]1)Cc1cc(C(C)C)sc1-2.CC(C)c1nc2c(ccc3cc(C(C)C)sc32)[nH]1.CC(C)c1nc2c(ccc3nc(C(C)C)sc32)[nH]1. The Balaban J connectivity index is 0.000000107. The molecule has 2 fully saturated rings. The minimum atomic E-state index is 0.0639. The van der Waals surface area contributed by atoms with Crippen molar-refractivity contribution in [2.24, 2.45) is 0 Å². The highest BCUT2D eigenvalue weighted by Crippen LogP contribution is 2.63. The van der Waals surface area contributed by atoms with Gasteiger partial charge < -0.3 is 39.9 Å². The molecule has 26 rings (SSSR count). The van der Waals surface area contributed by atoms with Gasteiger partial charge in [-0.1, -0.05) is 302 Å². The second-order valence-electron chi connectivity index (χ2n) is 48.4. The number of thiazole rings is 2. The van der Waals surface area contributed by atoms with Crippen LogP contribution in [0, 0.1) is 0 Å². The number of nitrogens with zero attached hydrogens (tertiary/aromatic N) is 8. The van der Waals surface area contributed by atoms with E-state index in [2.05, 4.69) is 402 Å². The fourth-order valence-corrected chi connectivity index (χ4v) is 28.1. The van der Waals surface area contributed by atoms with Crippen LogP contribution in [-0.2, 0) is 22.7 Å². The van der Waals surface area contributed by atoms with Gasteiger partial charge in [0.15, 0.2) is 0 Å². The van der Waals surface area contributed by atoms with Gasteiger partial charge in [0.05, 0.1) is 100 Å². The number of hydrogen-bond donors (Lipinski definition) is 8.